The average molecular weight is 458 g/mol. The SMILES string of the molecule is COc1ccccc1-n1c(SC(C)C(=O)NC(C)C)nc2sc3c(c2c1=O)CCCC3. The quantitative estimate of drug-likeness (QED) is 0.440. The van der Waals surface area contributed by atoms with Gasteiger partial charge < -0.3 is 10.1 Å². The molecular formula is C23H27N3O3S2. The van der Waals surface area contributed by atoms with Gasteiger partial charge in [-0.2, -0.15) is 0 Å². The van der Waals surface area contributed by atoms with Crippen molar-refractivity contribution in [1.82, 2.24) is 14.9 Å². The van der Waals surface area contributed by atoms with Gasteiger partial charge in [0.2, 0.25) is 5.91 Å². The van der Waals surface area contributed by atoms with Crippen molar-refractivity contribution in [2.24, 2.45) is 0 Å². The number of aryl methyl sites for hydroxylation is 2. The maximum Gasteiger partial charge on any atom is 0.267 e. The van der Waals surface area contributed by atoms with Gasteiger partial charge in [0.05, 0.1) is 23.4 Å². The molecule has 4 rings (SSSR count). The molecule has 1 aromatic carbocycles. The van der Waals surface area contributed by atoms with E-state index in [0.717, 1.165) is 36.1 Å². The Labute approximate surface area is 190 Å². The highest BCUT2D eigenvalue weighted by molar-refractivity contribution is 8.00. The summed E-state index contributed by atoms with van der Waals surface area (Å²) in [4.78, 5) is 33.3. The van der Waals surface area contributed by atoms with E-state index in [0.29, 0.717) is 22.0 Å². The van der Waals surface area contributed by atoms with Crippen LogP contribution >= 0.6 is 23.1 Å². The fraction of sp³-hybridized carbons (Fsp3) is 0.435. The van der Waals surface area contributed by atoms with Gasteiger partial charge in [-0.15, -0.1) is 11.3 Å². The topological polar surface area (TPSA) is 73.2 Å². The highest BCUT2D eigenvalue weighted by Gasteiger charge is 2.26. The number of fused-ring (bicyclic) bond motifs is 3. The third kappa shape index (κ3) is 4.23. The molecule has 164 valence electrons. The number of nitrogens with zero attached hydrogens (tertiary/aromatic N) is 2. The first-order valence-electron chi connectivity index (χ1n) is 10.6. The molecule has 0 fully saturated rings. The first-order chi connectivity index (χ1) is 14.9. The van der Waals surface area contributed by atoms with Crippen LogP contribution in [-0.4, -0.2) is 33.9 Å². The number of amides is 1. The number of nitrogens with one attached hydrogen (secondary N) is 1. The van der Waals surface area contributed by atoms with Crippen LogP contribution in [0.3, 0.4) is 0 Å². The summed E-state index contributed by atoms with van der Waals surface area (Å²) in [5.41, 5.74) is 1.70. The Morgan fingerprint density at radius 2 is 1.97 bits per heavy atom. The number of carbonyl (C=O) groups excluding carboxylic acids is 1. The Bertz CT molecular complexity index is 1180. The molecule has 2 heterocycles. The van der Waals surface area contributed by atoms with Gasteiger partial charge >= 0.3 is 0 Å². The van der Waals surface area contributed by atoms with Gasteiger partial charge in [0, 0.05) is 10.9 Å². The van der Waals surface area contributed by atoms with Crippen LogP contribution in [0.4, 0.5) is 0 Å². The molecule has 1 unspecified atom stereocenters. The summed E-state index contributed by atoms with van der Waals surface area (Å²) in [6.45, 7) is 5.70. The minimum absolute atomic E-state index is 0.0476. The Morgan fingerprint density at radius 1 is 1.23 bits per heavy atom. The molecule has 2 aromatic heterocycles. The number of hydrogen-bond acceptors (Lipinski definition) is 6. The molecule has 1 atom stereocenters. The molecule has 0 saturated heterocycles. The van der Waals surface area contributed by atoms with Crippen LogP contribution < -0.4 is 15.6 Å². The standard InChI is InChI=1S/C23H27N3O3S2/c1-13(2)24-20(27)14(3)30-23-25-21-19(15-9-5-8-12-18(15)31-21)22(28)26(23)16-10-6-7-11-17(16)29-4/h6-7,10-11,13-14H,5,8-9,12H2,1-4H3,(H,24,27). The van der Waals surface area contributed by atoms with Gasteiger partial charge in [0.1, 0.15) is 10.6 Å². The van der Waals surface area contributed by atoms with Crippen LogP contribution in [-0.2, 0) is 17.6 Å². The monoisotopic (exact) mass is 457 g/mol. The summed E-state index contributed by atoms with van der Waals surface area (Å²) in [6.07, 6.45) is 4.16. The van der Waals surface area contributed by atoms with Crippen molar-refractivity contribution >= 4 is 39.2 Å². The fourth-order valence-corrected chi connectivity index (χ4v) is 6.14. The molecule has 1 aliphatic carbocycles. The van der Waals surface area contributed by atoms with Gasteiger partial charge in [-0.05, 0) is 64.2 Å². The Morgan fingerprint density at radius 3 is 2.71 bits per heavy atom. The summed E-state index contributed by atoms with van der Waals surface area (Å²) in [7, 11) is 1.59. The van der Waals surface area contributed by atoms with E-state index in [-0.39, 0.29) is 17.5 Å². The number of aromatic nitrogens is 2. The van der Waals surface area contributed by atoms with Crippen LogP contribution in [0, 0.1) is 0 Å². The Balaban J connectivity index is 1.91. The predicted molar refractivity (Wildman–Crippen MR) is 127 cm³/mol. The van der Waals surface area contributed by atoms with Crippen molar-refractivity contribution in [2.75, 3.05) is 7.11 Å². The molecule has 6 nitrogen and oxygen atoms in total. The van der Waals surface area contributed by atoms with Crippen molar-refractivity contribution in [1.29, 1.82) is 0 Å². The van der Waals surface area contributed by atoms with Crippen molar-refractivity contribution in [3.63, 3.8) is 0 Å². The molecule has 8 heteroatoms. The van der Waals surface area contributed by atoms with Crippen LogP contribution in [0.25, 0.3) is 15.9 Å². The summed E-state index contributed by atoms with van der Waals surface area (Å²) in [5.74, 6) is 0.516. The van der Waals surface area contributed by atoms with E-state index < -0.39 is 5.25 Å². The number of thioether (sulfide) groups is 1. The number of benzene rings is 1. The van der Waals surface area contributed by atoms with E-state index in [1.807, 2.05) is 45.0 Å². The minimum atomic E-state index is -0.401. The highest BCUT2D eigenvalue weighted by Crippen LogP contribution is 2.36. The Hall–Kier alpha value is -2.32. The van der Waals surface area contributed by atoms with E-state index in [2.05, 4.69) is 5.32 Å². The van der Waals surface area contributed by atoms with E-state index >= 15 is 0 Å². The molecule has 1 aliphatic rings. The largest absolute Gasteiger partial charge is 0.495 e. The smallest absolute Gasteiger partial charge is 0.267 e. The first-order valence-corrected chi connectivity index (χ1v) is 12.3. The normalized spacial score (nSPS) is 14.5. The van der Waals surface area contributed by atoms with Crippen molar-refractivity contribution in [2.45, 2.75) is 62.9 Å². The van der Waals surface area contributed by atoms with Crippen molar-refractivity contribution in [3.05, 3.63) is 45.1 Å². The maximum absolute atomic E-state index is 13.8. The van der Waals surface area contributed by atoms with E-state index in [1.54, 1.807) is 23.0 Å². The number of carbonyl (C=O) groups is 1. The molecule has 0 spiro atoms. The summed E-state index contributed by atoms with van der Waals surface area (Å²) < 4.78 is 7.17. The predicted octanol–water partition coefficient (Wildman–Crippen LogP) is 4.34. The second kappa shape index (κ2) is 9.04. The lowest BCUT2D eigenvalue weighted by atomic mass is 9.97. The molecule has 0 aliphatic heterocycles. The number of thiophene rings is 1. The fourth-order valence-electron chi connectivity index (χ4n) is 3.91. The van der Waals surface area contributed by atoms with E-state index in [4.69, 9.17) is 9.72 Å². The molecule has 1 N–H and O–H groups in total. The summed E-state index contributed by atoms with van der Waals surface area (Å²) >= 11 is 2.92. The summed E-state index contributed by atoms with van der Waals surface area (Å²) in [5, 5.41) is 3.76. The molecule has 1 amide bonds. The lowest BCUT2D eigenvalue weighted by Gasteiger charge is -2.18. The summed E-state index contributed by atoms with van der Waals surface area (Å²) in [6, 6.07) is 7.48. The van der Waals surface area contributed by atoms with Gasteiger partial charge in [-0.3, -0.25) is 14.2 Å². The lowest BCUT2D eigenvalue weighted by Crippen LogP contribution is -2.36. The zero-order valence-corrected chi connectivity index (χ0v) is 19.9. The van der Waals surface area contributed by atoms with Gasteiger partial charge in [0.25, 0.3) is 5.56 Å². The zero-order chi connectivity index (χ0) is 22.1. The maximum atomic E-state index is 13.8. The number of methoxy groups -OCH3 is 1. The van der Waals surface area contributed by atoms with Gasteiger partial charge in [-0.1, -0.05) is 23.9 Å². The van der Waals surface area contributed by atoms with Crippen LogP contribution in [0.2, 0.25) is 0 Å². The molecule has 0 bridgehead atoms. The molecule has 0 radical (unpaired) electrons. The van der Waals surface area contributed by atoms with Crippen molar-refractivity contribution < 1.29 is 9.53 Å². The number of para-hydroxylation sites is 2. The second-order valence-electron chi connectivity index (χ2n) is 8.02. The second-order valence-corrected chi connectivity index (χ2v) is 10.4. The average Bonchev–Trinajstić information content (AvgIpc) is 3.12. The van der Waals surface area contributed by atoms with Crippen molar-refractivity contribution in [3.8, 4) is 11.4 Å². The molecule has 31 heavy (non-hydrogen) atoms. The van der Waals surface area contributed by atoms with Gasteiger partial charge in [-0.25, -0.2) is 4.98 Å². The van der Waals surface area contributed by atoms with Crippen LogP contribution in [0.5, 0.6) is 5.75 Å². The van der Waals surface area contributed by atoms with E-state index in [1.165, 1.54) is 16.6 Å². The minimum Gasteiger partial charge on any atom is -0.495 e. The third-order valence-corrected chi connectivity index (χ3v) is 7.60. The van der Waals surface area contributed by atoms with E-state index in [9.17, 15) is 9.59 Å². The lowest BCUT2D eigenvalue weighted by molar-refractivity contribution is -0.120. The zero-order valence-electron chi connectivity index (χ0n) is 18.2. The van der Waals surface area contributed by atoms with Gasteiger partial charge in [0.15, 0.2) is 5.16 Å². The highest BCUT2D eigenvalue weighted by atomic mass is 32.2. The third-order valence-electron chi connectivity index (χ3n) is 5.37. The van der Waals surface area contributed by atoms with Crippen LogP contribution in [0.15, 0.2) is 34.2 Å². The number of ether oxygens (including phenoxy) is 1. The number of hydrogen-bond donors (Lipinski definition) is 1. The van der Waals surface area contributed by atoms with Crippen LogP contribution in [0.1, 0.15) is 44.1 Å². The Kier molecular flexibility index (Phi) is 6.39. The first kappa shape index (κ1) is 21.9. The number of rotatable bonds is 6. The molecule has 3 aromatic rings. The molecule has 0 saturated carbocycles. The molecular weight excluding hydrogens is 430 g/mol.